The van der Waals surface area contributed by atoms with E-state index in [9.17, 15) is 9.59 Å². The van der Waals surface area contributed by atoms with Crippen LogP contribution < -0.4 is 14.9 Å². The predicted octanol–water partition coefficient (Wildman–Crippen LogP) is 7.63. The number of rotatable bonds is 7. The van der Waals surface area contributed by atoms with Gasteiger partial charge in [-0.3, -0.25) is 9.36 Å². The van der Waals surface area contributed by atoms with Gasteiger partial charge < -0.3 is 9.15 Å². The summed E-state index contributed by atoms with van der Waals surface area (Å²) in [6.07, 6.45) is 1.69. The van der Waals surface area contributed by atoms with Crippen LogP contribution in [0.2, 0.25) is 10.0 Å². The number of fused-ring (bicyclic) bond motifs is 1. The molecule has 222 valence electrons. The van der Waals surface area contributed by atoms with Crippen LogP contribution in [0, 0.1) is 0 Å². The number of carbonyl (C=O) groups excluding carboxylic acids is 1. The van der Waals surface area contributed by atoms with Gasteiger partial charge in [-0.1, -0.05) is 103 Å². The van der Waals surface area contributed by atoms with E-state index in [1.54, 1.807) is 35.8 Å². The van der Waals surface area contributed by atoms with Gasteiger partial charge in [0.1, 0.15) is 11.5 Å². The van der Waals surface area contributed by atoms with Gasteiger partial charge in [0.15, 0.2) is 4.80 Å². The molecule has 5 aromatic rings. The molecule has 0 unspecified atom stereocenters. The summed E-state index contributed by atoms with van der Waals surface area (Å²) in [7, 11) is 0. The molecule has 6 nitrogen and oxygen atoms in total. The zero-order valence-corrected chi connectivity index (χ0v) is 26.5. The van der Waals surface area contributed by atoms with Gasteiger partial charge in [0.2, 0.25) is 0 Å². The molecule has 0 saturated heterocycles. The Hall–Kier alpha value is -4.17. The van der Waals surface area contributed by atoms with Gasteiger partial charge in [0, 0.05) is 17.2 Å². The van der Waals surface area contributed by atoms with E-state index in [1.165, 1.54) is 11.3 Å². The third kappa shape index (κ3) is 5.71. The Labute approximate surface area is 268 Å². The topological polar surface area (TPSA) is 73.8 Å². The number of thiazole rings is 1. The first-order valence-electron chi connectivity index (χ1n) is 14.2. The molecule has 0 saturated carbocycles. The Morgan fingerprint density at radius 1 is 1.00 bits per heavy atom. The summed E-state index contributed by atoms with van der Waals surface area (Å²) < 4.78 is 13.6. The van der Waals surface area contributed by atoms with Crippen molar-refractivity contribution in [2.75, 3.05) is 6.61 Å². The quantitative estimate of drug-likeness (QED) is 0.171. The lowest BCUT2D eigenvalue weighted by Gasteiger charge is -2.26. The maximum absolute atomic E-state index is 14.1. The number of benzene rings is 3. The Morgan fingerprint density at radius 2 is 1.75 bits per heavy atom. The zero-order valence-electron chi connectivity index (χ0n) is 24.2. The molecule has 9 heteroatoms. The second-order valence-corrected chi connectivity index (χ2v) is 12.4. The molecule has 2 aromatic heterocycles. The predicted molar refractivity (Wildman–Crippen MR) is 176 cm³/mol. The Balaban J connectivity index is 1.55. The highest BCUT2D eigenvalue weighted by molar-refractivity contribution is 7.07. The minimum absolute atomic E-state index is 0.188. The molecular formula is C35H28Cl2N2O4S. The molecule has 1 atom stereocenters. The number of nitrogens with zero attached hydrogens (tertiary/aromatic N) is 2. The smallest absolute Gasteiger partial charge is 0.338 e. The van der Waals surface area contributed by atoms with Crippen LogP contribution >= 0.6 is 34.5 Å². The molecule has 1 aliphatic rings. The fraction of sp³-hybridized carbons (Fsp3) is 0.171. The van der Waals surface area contributed by atoms with Crippen molar-refractivity contribution >= 4 is 52.3 Å². The second-order valence-electron chi connectivity index (χ2n) is 10.6. The first-order chi connectivity index (χ1) is 21.2. The normalized spacial score (nSPS) is 15.0. The summed E-state index contributed by atoms with van der Waals surface area (Å²) >= 11 is 13.5. The SMILES string of the molecule is CCOC(=O)C1=C(c2ccccc2)N=c2s/c(=C\c3ccc(-c4ccc(Cl)c(Cl)c4)o3)c(=O)n2[C@@H]1c1ccc(C(C)C)cc1. The molecule has 0 amide bonds. The van der Waals surface area contributed by atoms with Crippen LogP contribution in [0.1, 0.15) is 55.2 Å². The summed E-state index contributed by atoms with van der Waals surface area (Å²) in [5.41, 5.74) is 3.97. The van der Waals surface area contributed by atoms with Gasteiger partial charge in [-0.15, -0.1) is 0 Å². The van der Waals surface area contributed by atoms with Crippen LogP contribution in [-0.2, 0) is 9.53 Å². The van der Waals surface area contributed by atoms with E-state index in [-0.39, 0.29) is 12.2 Å². The molecule has 0 radical (unpaired) electrons. The number of halogens is 2. The molecule has 3 heterocycles. The summed E-state index contributed by atoms with van der Waals surface area (Å²) in [5, 5.41) is 0.872. The van der Waals surface area contributed by atoms with Gasteiger partial charge in [0.05, 0.1) is 38.5 Å². The first kappa shape index (κ1) is 29.9. The monoisotopic (exact) mass is 642 g/mol. The van der Waals surface area contributed by atoms with Crippen molar-refractivity contribution in [1.29, 1.82) is 0 Å². The minimum atomic E-state index is -0.743. The summed E-state index contributed by atoms with van der Waals surface area (Å²) in [4.78, 5) is 33.2. The van der Waals surface area contributed by atoms with Crippen molar-refractivity contribution in [3.8, 4) is 11.3 Å². The van der Waals surface area contributed by atoms with Crippen molar-refractivity contribution in [2.24, 2.45) is 4.99 Å². The summed E-state index contributed by atoms with van der Waals surface area (Å²) in [6, 6.07) is 25.6. The second kappa shape index (κ2) is 12.4. The Kier molecular flexibility index (Phi) is 8.45. The lowest BCUT2D eigenvalue weighted by Crippen LogP contribution is -2.40. The number of carbonyl (C=O) groups is 1. The van der Waals surface area contributed by atoms with Crippen LogP contribution in [0.15, 0.2) is 105 Å². The molecule has 0 spiro atoms. The van der Waals surface area contributed by atoms with Gasteiger partial charge in [-0.25, -0.2) is 9.79 Å². The van der Waals surface area contributed by atoms with E-state index in [4.69, 9.17) is 37.3 Å². The van der Waals surface area contributed by atoms with Crippen molar-refractivity contribution in [1.82, 2.24) is 4.57 Å². The maximum Gasteiger partial charge on any atom is 0.338 e. The van der Waals surface area contributed by atoms with Crippen LogP contribution in [0.4, 0.5) is 0 Å². The average molecular weight is 644 g/mol. The minimum Gasteiger partial charge on any atom is -0.463 e. The number of hydrogen-bond donors (Lipinski definition) is 0. The molecule has 0 aliphatic carbocycles. The molecule has 0 fully saturated rings. The third-order valence-electron chi connectivity index (χ3n) is 7.40. The highest BCUT2D eigenvalue weighted by Gasteiger charge is 2.35. The van der Waals surface area contributed by atoms with Crippen molar-refractivity contribution < 1.29 is 13.9 Å². The van der Waals surface area contributed by atoms with Gasteiger partial charge in [-0.05, 0) is 54.3 Å². The van der Waals surface area contributed by atoms with E-state index in [1.807, 2.05) is 66.7 Å². The highest BCUT2D eigenvalue weighted by Crippen LogP contribution is 2.36. The highest BCUT2D eigenvalue weighted by atomic mass is 35.5. The molecule has 44 heavy (non-hydrogen) atoms. The Morgan fingerprint density at radius 3 is 2.43 bits per heavy atom. The van der Waals surface area contributed by atoms with Crippen LogP contribution in [0.5, 0.6) is 0 Å². The van der Waals surface area contributed by atoms with E-state index in [0.29, 0.717) is 48.1 Å². The van der Waals surface area contributed by atoms with E-state index >= 15 is 0 Å². The third-order valence-corrected chi connectivity index (χ3v) is 9.12. The maximum atomic E-state index is 14.1. The fourth-order valence-corrected chi connectivity index (χ4v) is 6.46. The van der Waals surface area contributed by atoms with Crippen molar-refractivity contribution in [2.45, 2.75) is 32.7 Å². The van der Waals surface area contributed by atoms with E-state index < -0.39 is 12.0 Å². The van der Waals surface area contributed by atoms with Crippen molar-refractivity contribution in [3.05, 3.63) is 143 Å². The number of furan rings is 1. The number of hydrogen-bond acceptors (Lipinski definition) is 6. The first-order valence-corrected chi connectivity index (χ1v) is 15.8. The summed E-state index contributed by atoms with van der Waals surface area (Å²) in [6.45, 7) is 6.19. The standard InChI is InChI=1S/C35H28Cl2N2O4S/c1-4-42-34(41)30-31(22-8-6-5-7-9-22)38-35-39(32(30)23-12-10-21(11-13-23)20(2)3)33(40)29(44-35)19-25-15-17-28(43-25)24-14-16-26(36)27(37)18-24/h5-20,32H,4H2,1-3H3/b29-19-/t32-/m1/s1. The molecule has 6 rings (SSSR count). The fourth-order valence-electron chi connectivity index (χ4n) is 5.18. The Bertz CT molecular complexity index is 2070. The largest absolute Gasteiger partial charge is 0.463 e. The zero-order chi connectivity index (χ0) is 31.0. The van der Waals surface area contributed by atoms with Crippen LogP contribution in [0.25, 0.3) is 23.1 Å². The summed E-state index contributed by atoms with van der Waals surface area (Å²) in [5.74, 6) is 0.886. The molecular weight excluding hydrogens is 615 g/mol. The van der Waals surface area contributed by atoms with Gasteiger partial charge >= 0.3 is 5.97 Å². The van der Waals surface area contributed by atoms with E-state index in [0.717, 1.165) is 22.3 Å². The van der Waals surface area contributed by atoms with Crippen LogP contribution in [0.3, 0.4) is 0 Å². The lowest BCUT2D eigenvalue weighted by atomic mass is 9.91. The number of aromatic nitrogens is 1. The molecule has 0 bridgehead atoms. The van der Waals surface area contributed by atoms with E-state index in [2.05, 4.69) is 13.8 Å². The number of esters is 1. The molecule has 3 aromatic carbocycles. The average Bonchev–Trinajstić information content (AvgIpc) is 3.62. The number of ether oxygens (including phenoxy) is 1. The molecule has 0 N–H and O–H groups in total. The van der Waals surface area contributed by atoms with Crippen LogP contribution in [-0.4, -0.2) is 17.1 Å². The van der Waals surface area contributed by atoms with Crippen molar-refractivity contribution in [3.63, 3.8) is 0 Å². The lowest BCUT2D eigenvalue weighted by molar-refractivity contribution is -0.138. The molecule has 1 aliphatic heterocycles. The van der Waals surface area contributed by atoms with Gasteiger partial charge in [0.25, 0.3) is 5.56 Å². The van der Waals surface area contributed by atoms with Gasteiger partial charge in [-0.2, -0.15) is 0 Å².